The maximum Gasteiger partial charge on any atom is 0.0141 e. The Morgan fingerprint density at radius 1 is 0.710 bits per heavy atom. The molecular weight excluding hydrogens is 372 g/mol. The van der Waals surface area contributed by atoms with Crippen molar-refractivity contribution in [1.29, 1.82) is 0 Å². The summed E-state index contributed by atoms with van der Waals surface area (Å²) >= 11 is 0. The summed E-state index contributed by atoms with van der Waals surface area (Å²) in [6, 6.07) is 27.5. The summed E-state index contributed by atoms with van der Waals surface area (Å²) in [5.74, 6) is 0.373. The summed E-state index contributed by atoms with van der Waals surface area (Å²) in [5, 5.41) is 0. The largest absolute Gasteiger partial charge is 0.0654 e. The molecule has 164 valence electrons. The van der Waals surface area contributed by atoms with Gasteiger partial charge in [-0.15, -0.1) is 0 Å². The third-order valence-corrected chi connectivity index (χ3v) is 7.18. The van der Waals surface area contributed by atoms with Crippen LogP contribution < -0.4 is 0 Å². The Hall–Kier alpha value is -2.34. The molecule has 0 bridgehead atoms. The van der Waals surface area contributed by atoms with E-state index in [1.807, 2.05) is 0 Å². The molecule has 31 heavy (non-hydrogen) atoms. The molecule has 0 heterocycles. The van der Waals surface area contributed by atoms with Gasteiger partial charge in [-0.05, 0) is 52.0 Å². The molecule has 0 fully saturated rings. The van der Waals surface area contributed by atoms with E-state index in [0.717, 1.165) is 6.42 Å². The molecule has 0 amide bonds. The predicted molar refractivity (Wildman–Crippen MR) is 137 cm³/mol. The molecule has 0 saturated heterocycles. The zero-order chi connectivity index (χ0) is 22.6. The molecule has 0 radical (unpaired) electrons. The van der Waals surface area contributed by atoms with E-state index in [0.29, 0.717) is 5.92 Å². The molecule has 0 aliphatic carbocycles. The second-order valence-corrected chi connectivity index (χ2v) is 10.5. The fourth-order valence-corrected chi connectivity index (χ4v) is 4.84. The number of hydrogen-bond donors (Lipinski definition) is 0. The van der Waals surface area contributed by atoms with Gasteiger partial charge < -0.3 is 0 Å². The highest BCUT2D eigenvalue weighted by Crippen LogP contribution is 2.44. The van der Waals surface area contributed by atoms with Crippen molar-refractivity contribution >= 4 is 0 Å². The number of rotatable bonds is 8. The first kappa shape index (κ1) is 23.3. The van der Waals surface area contributed by atoms with Crippen LogP contribution in [0.15, 0.2) is 72.8 Å². The lowest BCUT2D eigenvalue weighted by molar-refractivity contribution is 0.305. The molecule has 0 saturated carbocycles. The van der Waals surface area contributed by atoms with E-state index < -0.39 is 0 Å². The van der Waals surface area contributed by atoms with Crippen LogP contribution in [0.25, 0.3) is 11.1 Å². The lowest BCUT2D eigenvalue weighted by Crippen LogP contribution is -2.22. The maximum atomic E-state index is 2.42. The van der Waals surface area contributed by atoms with Gasteiger partial charge in [0.2, 0.25) is 0 Å². The molecule has 0 aliphatic rings. The van der Waals surface area contributed by atoms with E-state index in [1.54, 1.807) is 0 Å². The van der Waals surface area contributed by atoms with Crippen LogP contribution in [0.3, 0.4) is 0 Å². The molecule has 0 N–H and O–H groups in total. The summed E-state index contributed by atoms with van der Waals surface area (Å²) < 4.78 is 0. The van der Waals surface area contributed by atoms with Gasteiger partial charge in [-0.1, -0.05) is 133 Å². The van der Waals surface area contributed by atoms with Crippen molar-refractivity contribution in [2.24, 2.45) is 5.41 Å². The monoisotopic (exact) mass is 412 g/mol. The summed E-state index contributed by atoms with van der Waals surface area (Å²) in [5.41, 5.74) is 8.59. The highest BCUT2D eigenvalue weighted by Gasteiger charge is 2.31. The zero-order valence-electron chi connectivity index (χ0n) is 20.6. The highest BCUT2D eigenvalue weighted by atomic mass is 14.3. The normalized spacial score (nSPS) is 13.3. The van der Waals surface area contributed by atoms with Gasteiger partial charge in [-0.3, -0.25) is 0 Å². The average molecular weight is 413 g/mol. The minimum atomic E-state index is 0.179. The van der Waals surface area contributed by atoms with Crippen molar-refractivity contribution in [3.05, 3.63) is 95.1 Å². The minimum Gasteiger partial charge on any atom is -0.0654 e. The van der Waals surface area contributed by atoms with Crippen LogP contribution in [-0.2, 0) is 5.41 Å². The number of benzene rings is 3. The smallest absolute Gasteiger partial charge is 0.0141 e. The minimum absolute atomic E-state index is 0.179. The van der Waals surface area contributed by atoms with Crippen LogP contribution in [0.5, 0.6) is 0 Å². The standard InChI is InChI=1S/C31H40/c1-8-20-31(6,7)28-15-11-13-26(22-28)25-12-10-14-27(21-25)29(30(4,5)9-2)24-18-16-23(3)17-19-24/h10-19,21-22,29H,8-9,20H2,1-7H3. The van der Waals surface area contributed by atoms with Crippen molar-refractivity contribution in [1.82, 2.24) is 0 Å². The Bertz CT molecular complexity index is 989. The Labute approximate surface area is 190 Å². The van der Waals surface area contributed by atoms with Gasteiger partial charge in [0.25, 0.3) is 0 Å². The van der Waals surface area contributed by atoms with Crippen LogP contribution in [0.1, 0.15) is 89.0 Å². The van der Waals surface area contributed by atoms with E-state index in [4.69, 9.17) is 0 Å². The molecule has 0 nitrogen and oxygen atoms in total. The Morgan fingerprint density at radius 2 is 1.32 bits per heavy atom. The molecule has 0 aromatic heterocycles. The Morgan fingerprint density at radius 3 is 1.94 bits per heavy atom. The molecule has 3 aromatic rings. The highest BCUT2D eigenvalue weighted by molar-refractivity contribution is 5.66. The number of hydrogen-bond acceptors (Lipinski definition) is 0. The molecule has 0 spiro atoms. The summed E-state index contributed by atoms with van der Waals surface area (Å²) in [6.07, 6.45) is 3.55. The lowest BCUT2D eigenvalue weighted by atomic mass is 9.69. The number of aryl methyl sites for hydroxylation is 1. The first-order valence-electron chi connectivity index (χ1n) is 12.0. The summed E-state index contributed by atoms with van der Waals surface area (Å²) in [4.78, 5) is 0. The molecular formula is C31H40. The molecule has 0 heteroatoms. The van der Waals surface area contributed by atoms with Crippen LogP contribution >= 0.6 is 0 Å². The third kappa shape index (κ3) is 5.29. The summed E-state index contributed by atoms with van der Waals surface area (Å²) in [6.45, 7) is 16.3. The van der Waals surface area contributed by atoms with E-state index >= 15 is 0 Å². The Balaban J connectivity index is 2.06. The van der Waals surface area contributed by atoms with Gasteiger partial charge in [0.05, 0.1) is 0 Å². The first-order chi connectivity index (χ1) is 14.7. The Kier molecular flexibility index (Phi) is 7.10. The van der Waals surface area contributed by atoms with Crippen molar-refractivity contribution < 1.29 is 0 Å². The van der Waals surface area contributed by atoms with Gasteiger partial charge in [0.1, 0.15) is 0 Å². The van der Waals surface area contributed by atoms with Crippen LogP contribution in [0.2, 0.25) is 0 Å². The second kappa shape index (κ2) is 9.43. The topological polar surface area (TPSA) is 0 Å². The fourth-order valence-electron chi connectivity index (χ4n) is 4.84. The zero-order valence-corrected chi connectivity index (χ0v) is 20.6. The molecule has 1 unspecified atom stereocenters. The van der Waals surface area contributed by atoms with Crippen molar-refractivity contribution in [3.63, 3.8) is 0 Å². The fraction of sp³-hybridized carbons (Fsp3) is 0.419. The van der Waals surface area contributed by atoms with Gasteiger partial charge in [-0.25, -0.2) is 0 Å². The van der Waals surface area contributed by atoms with Crippen LogP contribution in [0.4, 0.5) is 0 Å². The van der Waals surface area contributed by atoms with E-state index in [2.05, 4.69) is 121 Å². The first-order valence-corrected chi connectivity index (χ1v) is 12.0. The van der Waals surface area contributed by atoms with Gasteiger partial charge in [-0.2, -0.15) is 0 Å². The lowest BCUT2D eigenvalue weighted by Gasteiger charge is -2.35. The molecule has 3 rings (SSSR count). The van der Waals surface area contributed by atoms with E-state index in [1.165, 1.54) is 46.2 Å². The van der Waals surface area contributed by atoms with Crippen molar-refractivity contribution in [3.8, 4) is 11.1 Å². The summed E-state index contributed by atoms with van der Waals surface area (Å²) in [7, 11) is 0. The van der Waals surface area contributed by atoms with E-state index in [-0.39, 0.29) is 10.8 Å². The third-order valence-electron chi connectivity index (χ3n) is 7.18. The SMILES string of the molecule is CCCC(C)(C)c1cccc(-c2cccc(C(c3ccc(C)cc3)C(C)(C)CC)c2)c1. The average Bonchev–Trinajstić information content (AvgIpc) is 2.75. The predicted octanol–water partition coefficient (Wildman–Crippen LogP) is 9.31. The molecule has 1 atom stereocenters. The van der Waals surface area contributed by atoms with Crippen LogP contribution in [-0.4, -0.2) is 0 Å². The second-order valence-electron chi connectivity index (χ2n) is 10.5. The molecule has 3 aromatic carbocycles. The van der Waals surface area contributed by atoms with Crippen molar-refractivity contribution in [2.45, 2.75) is 79.1 Å². The van der Waals surface area contributed by atoms with Crippen molar-refractivity contribution in [2.75, 3.05) is 0 Å². The van der Waals surface area contributed by atoms with Gasteiger partial charge >= 0.3 is 0 Å². The maximum absolute atomic E-state index is 2.42. The quantitative estimate of drug-likeness (QED) is 0.346. The van der Waals surface area contributed by atoms with Crippen LogP contribution in [0, 0.1) is 12.3 Å². The molecule has 0 aliphatic heterocycles. The van der Waals surface area contributed by atoms with E-state index in [9.17, 15) is 0 Å². The van der Waals surface area contributed by atoms with Gasteiger partial charge in [0, 0.05) is 5.92 Å². The van der Waals surface area contributed by atoms with Gasteiger partial charge in [0.15, 0.2) is 0 Å².